The molecule has 0 aromatic heterocycles. The maximum absolute atomic E-state index is 12.2. The third kappa shape index (κ3) is 2.91. The number of carboxylic acid groups (broad SMARTS) is 1. The summed E-state index contributed by atoms with van der Waals surface area (Å²) in [5.41, 5.74) is 0. The van der Waals surface area contributed by atoms with Gasteiger partial charge in [0.25, 0.3) is 0 Å². The van der Waals surface area contributed by atoms with Crippen LogP contribution in [-0.2, 0) is 9.59 Å². The minimum atomic E-state index is -0.777. The van der Waals surface area contributed by atoms with E-state index in [2.05, 4.69) is 11.9 Å². The predicted molar refractivity (Wildman–Crippen MR) is 71.7 cm³/mol. The average Bonchev–Trinajstić information content (AvgIpc) is 2.69. The molecule has 0 aliphatic carbocycles. The van der Waals surface area contributed by atoms with Gasteiger partial charge in [0.05, 0.1) is 5.92 Å². The number of carboxylic acids is 1. The highest BCUT2D eigenvalue weighted by atomic mass is 16.4. The third-order valence-electron chi connectivity index (χ3n) is 4.67. The lowest BCUT2D eigenvalue weighted by Crippen LogP contribution is -2.54. The predicted octanol–water partition coefficient (Wildman–Crippen LogP) is 0.896. The first-order chi connectivity index (χ1) is 8.90. The van der Waals surface area contributed by atoms with E-state index in [0.717, 1.165) is 19.5 Å². The number of amides is 1. The number of carbonyl (C=O) groups excluding carboxylic acids is 1. The second kappa shape index (κ2) is 5.49. The molecule has 2 aliphatic rings. The summed E-state index contributed by atoms with van der Waals surface area (Å²) in [6.07, 6.45) is 1.46. The topological polar surface area (TPSA) is 60.9 Å². The molecule has 2 aliphatic heterocycles. The summed E-state index contributed by atoms with van der Waals surface area (Å²) in [5, 5.41) is 9.34. The molecule has 108 valence electrons. The Labute approximate surface area is 114 Å². The van der Waals surface area contributed by atoms with Gasteiger partial charge in [-0.05, 0) is 38.8 Å². The second-order valence-electron chi connectivity index (χ2n) is 6.25. The van der Waals surface area contributed by atoms with Crippen LogP contribution in [0.3, 0.4) is 0 Å². The van der Waals surface area contributed by atoms with Gasteiger partial charge in [-0.1, -0.05) is 6.92 Å². The van der Waals surface area contributed by atoms with Crippen molar-refractivity contribution >= 4 is 11.9 Å². The highest BCUT2D eigenvalue weighted by molar-refractivity contribution is 5.81. The average molecular weight is 268 g/mol. The molecule has 1 N–H and O–H groups in total. The van der Waals surface area contributed by atoms with Gasteiger partial charge in [-0.15, -0.1) is 0 Å². The van der Waals surface area contributed by atoms with Crippen molar-refractivity contribution in [2.45, 2.75) is 32.7 Å². The smallest absolute Gasteiger partial charge is 0.308 e. The van der Waals surface area contributed by atoms with Crippen LogP contribution in [0.25, 0.3) is 0 Å². The molecule has 0 aromatic carbocycles. The fourth-order valence-corrected chi connectivity index (χ4v) is 3.59. The van der Waals surface area contributed by atoms with Crippen LogP contribution in [0.5, 0.6) is 0 Å². The Hall–Kier alpha value is -1.10. The van der Waals surface area contributed by atoms with E-state index in [9.17, 15) is 14.7 Å². The Morgan fingerprint density at radius 1 is 1.42 bits per heavy atom. The molecule has 0 saturated carbocycles. The highest BCUT2D eigenvalue weighted by Gasteiger charge is 2.42. The first-order valence-electron chi connectivity index (χ1n) is 7.11. The third-order valence-corrected chi connectivity index (χ3v) is 4.67. The van der Waals surface area contributed by atoms with Crippen LogP contribution in [0.15, 0.2) is 0 Å². The van der Waals surface area contributed by atoms with Gasteiger partial charge in [0.15, 0.2) is 0 Å². The van der Waals surface area contributed by atoms with Crippen molar-refractivity contribution < 1.29 is 14.7 Å². The van der Waals surface area contributed by atoms with E-state index in [4.69, 9.17) is 0 Å². The molecule has 4 unspecified atom stereocenters. The van der Waals surface area contributed by atoms with Gasteiger partial charge >= 0.3 is 5.97 Å². The summed E-state index contributed by atoms with van der Waals surface area (Å²) in [6, 6.07) is -0.195. The molecular formula is C14H24N2O3. The van der Waals surface area contributed by atoms with E-state index in [1.807, 2.05) is 18.7 Å². The molecule has 2 fully saturated rings. The zero-order valence-corrected chi connectivity index (χ0v) is 12.0. The van der Waals surface area contributed by atoms with E-state index in [-0.39, 0.29) is 17.9 Å². The number of piperidine rings is 1. The van der Waals surface area contributed by atoms with Crippen LogP contribution in [0.1, 0.15) is 26.7 Å². The fourth-order valence-electron chi connectivity index (χ4n) is 3.59. The molecule has 4 atom stereocenters. The Morgan fingerprint density at radius 2 is 2.11 bits per heavy atom. The number of aliphatic carboxylic acids is 1. The molecule has 0 aromatic rings. The van der Waals surface area contributed by atoms with E-state index in [0.29, 0.717) is 18.9 Å². The Bertz CT molecular complexity index is 372. The first kappa shape index (κ1) is 14.3. The second-order valence-corrected chi connectivity index (χ2v) is 6.25. The first-order valence-corrected chi connectivity index (χ1v) is 7.11. The van der Waals surface area contributed by atoms with E-state index >= 15 is 0 Å². The van der Waals surface area contributed by atoms with Crippen molar-refractivity contribution in [2.75, 3.05) is 26.7 Å². The van der Waals surface area contributed by atoms with Gasteiger partial charge in [-0.3, -0.25) is 9.59 Å². The van der Waals surface area contributed by atoms with E-state index in [1.54, 1.807) is 0 Å². The SMILES string of the molecule is CC1CC(=O)N(CC2CCN(C)C2)C(C)C1C(=O)O. The Balaban J connectivity index is 2.05. The minimum absolute atomic E-state index is 0.0671. The van der Waals surface area contributed by atoms with Crippen LogP contribution in [0.4, 0.5) is 0 Å². The largest absolute Gasteiger partial charge is 0.481 e. The van der Waals surface area contributed by atoms with E-state index < -0.39 is 11.9 Å². The number of carbonyl (C=O) groups is 2. The molecule has 5 heteroatoms. The number of rotatable bonds is 3. The van der Waals surface area contributed by atoms with Crippen LogP contribution >= 0.6 is 0 Å². The number of likely N-dealkylation sites (tertiary alicyclic amines) is 2. The zero-order valence-electron chi connectivity index (χ0n) is 12.0. The van der Waals surface area contributed by atoms with Crippen LogP contribution in [0.2, 0.25) is 0 Å². The van der Waals surface area contributed by atoms with Crippen molar-refractivity contribution in [2.24, 2.45) is 17.8 Å². The highest BCUT2D eigenvalue weighted by Crippen LogP contribution is 2.31. The molecule has 2 heterocycles. The van der Waals surface area contributed by atoms with Crippen molar-refractivity contribution in [3.05, 3.63) is 0 Å². The van der Waals surface area contributed by atoms with Crippen LogP contribution in [-0.4, -0.2) is 59.5 Å². The maximum Gasteiger partial charge on any atom is 0.308 e. The Kier molecular flexibility index (Phi) is 4.13. The molecule has 0 radical (unpaired) electrons. The fraction of sp³-hybridized carbons (Fsp3) is 0.857. The van der Waals surface area contributed by atoms with Gasteiger partial charge < -0.3 is 14.9 Å². The summed E-state index contributed by atoms with van der Waals surface area (Å²) in [7, 11) is 2.09. The maximum atomic E-state index is 12.2. The normalized spacial score (nSPS) is 36.8. The van der Waals surface area contributed by atoms with Gasteiger partial charge in [-0.2, -0.15) is 0 Å². The molecule has 2 saturated heterocycles. The monoisotopic (exact) mass is 268 g/mol. The molecule has 0 bridgehead atoms. The standard InChI is InChI=1S/C14H24N2O3/c1-9-6-12(17)16(10(2)13(9)14(18)19)8-11-4-5-15(3)7-11/h9-11,13H,4-8H2,1-3H3,(H,18,19). The lowest BCUT2D eigenvalue weighted by atomic mass is 9.80. The summed E-state index contributed by atoms with van der Waals surface area (Å²) < 4.78 is 0. The number of hydrogen-bond acceptors (Lipinski definition) is 3. The van der Waals surface area contributed by atoms with Gasteiger partial charge in [0.1, 0.15) is 0 Å². The molecule has 2 rings (SSSR count). The number of nitrogens with zero attached hydrogens (tertiary/aromatic N) is 2. The summed E-state index contributed by atoms with van der Waals surface area (Å²) in [6.45, 7) is 6.53. The van der Waals surface area contributed by atoms with Crippen molar-refractivity contribution in [1.29, 1.82) is 0 Å². The molecule has 19 heavy (non-hydrogen) atoms. The lowest BCUT2D eigenvalue weighted by Gasteiger charge is -2.41. The summed E-state index contributed by atoms with van der Waals surface area (Å²) >= 11 is 0. The summed E-state index contributed by atoms with van der Waals surface area (Å²) in [4.78, 5) is 27.6. The number of hydrogen-bond donors (Lipinski definition) is 1. The van der Waals surface area contributed by atoms with Gasteiger partial charge in [0, 0.05) is 25.6 Å². The molecule has 0 spiro atoms. The van der Waals surface area contributed by atoms with E-state index in [1.165, 1.54) is 0 Å². The van der Waals surface area contributed by atoms with Crippen molar-refractivity contribution in [1.82, 2.24) is 9.80 Å². The lowest BCUT2D eigenvalue weighted by molar-refractivity contribution is -0.155. The Morgan fingerprint density at radius 3 is 2.63 bits per heavy atom. The molecule has 5 nitrogen and oxygen atoms in total. The van der Waals surface area contributed by atoms with Gasteiger partial charge in [0.2, 0.25) is 5.91 Å². The zero-order chi connectivity index (χ0) is 14.2. The summed E-state index contributed by atoms with van der Waals surface area (Å²) in [5.74, 6) is -0.674. The molecular weight excluding hydrogens is 244 g/mol. The van der Waals surface area contributed by atoms with Crippen LogP contribution in [0, 0.1) is 17.8 Å². The van der Waals surface area contributed by atoms with Crippen LogP contribution < -0.4 is 0 Å². The van der Waals surface area contributed by atoms with Crippen molar-refractivity contribution in [3.63, 3.8) is 0 Å². The van der Waals surface area contributed by atoms with Gasteiger partial charge in [-0.25, -0.2) is 0 Å². The quantitative estimate of drug-likeness (QED) is 0.826. The molecule has 1 amide bonds. The van der Waals surface area contributed by atoms with Crippen molar-refractivity contribution in [3.8, 4) is 0 Å². The minimum Gasteiger partial charge on any atom is -0.481 e.